The van der Waals surface area contributed by atoms with E-state index in [-0.39, 0.29) is 24.0 Å². The minimum atomic E-state index is -3.50. The molecule has 6 nitrogen and oxygen atoms in total. The largest absolute Gasteiger partial charge is 0.483 e. The van der Waals surface area contributed by atoms with Crippen LogP contribution in [0.1, 0.15) is 19.4 Å². The van der Waals surface area contributed by atoms with Gasteiger partial charge in [-0.1, -0.05) is 26.0 Å². The first-order valence-corrected chi connectivity index (χ1v) is 10.9. The molecule has 0 fully saturated rings. The van der Waals surface area contributed by atoms with Crippen molar-refractivity contribution in [2.45, 2.75) is 25.3 Å². The lowest BCUT2D eigenvalue weighted by molar-refractivity contribution is -0.123. The number of nitrogens with zero attached hydrogens (tertiary/aromatic N) is 1. The first kappa shape index (κ1) is 22.3. The third kappa shape index (κ3) is 5.76. The van der Waals surface area contributed by atoms with Gasteiger partial charge >= 0.3 is 0 Å². The molecule has 0 atom stereocenters. The Kier molecular flexibility index (Phi) is 7.97. The number of ether oxygens (including phenoxy) is 1. The lowest BCUT2D eigenvalue weighted by atomic mass is 10.2. The minimum absolute atomic E-state index is 0.218. The fraction of sp³-hybridized carbons (Fsp3) is 0.316. The summed E-state index contributed by atoms with van der Waals surface area (Å²) in [5.74, 6) is -0.395. The van der Waals surface area contributed by atoms with Crippen LogP contribution in [0.5, 0.6) is 5.75 Å². The van der Waals surface area contributed by atoms with Crippen LogP contribution in [0.2, 0.25) is 0 Å². The summed E-state index contributed by atoms with van der Waals surface area (Å²) in [6, 6.07) is 10.3. The van der Waals surface area contributed by atoms with E-state index in [9.17, 15) is 17.6 Å². The van der Waals surface area contributed by atoms with Gasteiger partial charge in [0.15, 0.2) is 6.61 Å². The van der Waals surface area contributed by atoms with E-state index in [0.717, 1.165) is 5.56 Å². The van der Waals surface area contributed by atoms with Crippen molar-refractivity contribution in [1.29, 1.82) is 0 Å². The topological polar surface area (TPSA) is 75.7 Å². The maximum atomic E-state index is 13.0. The van der Waals surface area contributed by atoms with E-state index in [2.05, 4.69) is 21.2 Å². The summed E-state index contributed by atoms with van der Waals surface area (Å²) in [5.41, 5.74) is 0.759. The molecule has 9 heteroatoms. The molecule has 2 rings (SSSR count). The fourth-order valence-electron chi connectivity index (χ4n) is 2.48. The number of hydrogen-bond acceptors (Lipinski definition) is 4. The van der Waals surface area contributed by atoms with Gasteiger partial charge in [0.05, 0.1) is 9.37 Å². The van der Waals surface area contributed by atoms with E-state index in [4.69, 9.17) is 4.74 Å². The zero-order chi connectivity index (χ0) is 20.7. The Bertz CT molecular complexity index is 916. The Morgan fingerprint density at radius 3 is 2.36 bits per heavy atom. The number of benzene rings is 2. The molecule has 0 aliphatic carbocycles. The van der Waals surface area contributed by atoms with E-state index in [1.54, 1.807) is 26.0 Å². The molecule has 0 aliphatic rings. The first-order valence-electron chi connectivity index (χ1n) is 8.71. The molecule has 1 N–H and O–H groups in total. The summed E-state index contributed by atoms with van der Waals surface area (Å²) in [4.78, 5) is 12.2. The molecule has 0 aliphatic heterocycles. The quantitative estimate of drug-likeness (QED) is 0.607. The van der Waals surface area contributed by atoms with Crippen molar-refractivity contribution in [2.75, 3.05) is 19.7 Å². The summed E-state index contributed by atoms with van der Waals surface area (Å²) in [6.07, 6.45) is 0. The van der Waals surface area contributed by atoms with Gasteiger partial charge in [0.2, 0.25) is 10.0 Å². The van der Waals surface area contributed by atoms with Crippen LogP contribution in [0.25, 0.3) is 0 Å². The van der Waals surface area contributed by atoms with E-state index in [1.807, 2.05) is 0 Å². The van der Waals surface area contributed by atoms with Crippen molar-refractivity contribution in [1.82, 2.24) is 9.62 Å². The minimum Gasteiger partial charge on any atom is -0.483 e. The number of carbonyl (C=O) groups excluding carboxylic acids is 1. The van der Waals surface area contributed by atoms with Crippen molar-refractivity contribution in [3.63, 3.8) is 0 Å². The van der Waals surface area contributed by atoms with E-state index in [1.165, 1.54) is 34.6 Å². The molecule has 1 amide bonds. The fourth-order valence-corrected chi connectivity index (χ4v) is 4.40. The molecular weight excluding hydrogens is 451 g/mol. The molecule has 2 aromatic rings. The smallest absolute Gasteiger partial charge is 0.258 e. The highest BCUT2D eigenvalue weighted by atomic mass is 79.9. The molecule has 0 radical (unpaired) electrons. The van der Waals surface area contributed by atoms with Gasteiger partial charge in [-0.25, -0.2) is 12.8 Å². The maximum Gasteiger partial charge on any atom is 0.258 e. The molecule has 0 saturated carbocycles. The van der Waals surface area contributed by atoms with E-state index in [0.29, 0.717) is 23.3 Å². The van der Waals surface area contributed by atoms with Crippen LogP contribution in [0.15, 0.2) is 51.8 Å². The molecule has 0 bridgehead atoms. The summed E-state index contributed by atoms with van der Waals surface area (Å²) in [5, 5.41) is 2.69. The predicted molar refractivity (Wildman–Crippen MR) is 108 cm³/mol. The van der Waals surface area contributed by atoms with Crippen LogP contribution in [0.3, 0.4) is 0 Å². The Morgan fingerprint density at radius 2 is 1.79 bits per heavy atom. The highest BCUT2D eigenvalue weighted by molar-refractivity contribution is 9.10. The van der Waals surface area contributed by atoms with Gasteiger partial charge in [-0.15, -0.1) is 0 Å². The first-order chi connectivity index (χ1) is 13.3. The van der Waals surface area contributed by atoms with Crippen LogP contribution in [-0.2, 0) is 21.4 Å². The number of sulfonamides is 1. The summed E-state index contributed by atoms with van der Waals surface area (Å²) in [7, 11) is -3.50. The van der Waals surface area contributed by atoms with Crippen LogP contribution in [-0.4, -0.2) is 38.3 Å². The molecule has 28 heavy (non-hydrogen) atoms. The second-order valence-corrected chi connectivity index (χ2v) is 8.67. The van der Waals surface area contributed by atoms with Gasteiger partial charge in [-0.2, -0.15) is 4.31 Å². The molecule has 0 aromatic heterocycles. The zero-order valence-electron chi connectivity index (χ0n) is 15.6. The highest BCUT2D eigenvalue weighted by Crippen LogP contribution is 2.25. The second-order valence-electron chi connectivity index (χ2n) is 5.87. The molecule has 0 spiro atoms. The Morgan fingerprint density at radius 1 is 1.14 bits per heavy atom. The summed E-state index contributed by atoms with van der Waals surface area (Å²) >= 11 is 3.17. The molecule has 152 valence electrons. The monoisotopic (exact) mass is 472 g/mol. The van der Waals surface area contributed by atoms with Crippen molar-refractivity contribution in [3.8, 4) is 5.75 Å². The third-order valence-electron chi connectivity index (χ3n) is 4.01. The molecule has 0 heterocycles. The van der Waals surface area contributed by atoms with Gasteiger partial charge in [0, 0.05) is 19.6 Å². The number of hydrogen-bond donors (Lipinski definition) is 1. The van der Waals surface area contributed by atoms with Crippen molar-refractivity contribution in [2.24, 2.45) is 0 Å². The van der Waals surface area contributed by atoms with Crippen LogP contribution in [0.4, 0.5) is 4.39 Å². The van der Waals surface area contributed by atoms with Gasteiger partial charge in [0.25, 0.3) is 5.91 Å². The third-order valence-corrected chi connectivity index (χ3v) is 6.69. The number of nitrogens with one attached hydrogen (secondary N) is 1. The van der Waals surface area contributed by atoms with Gasteiger partial charge in [0.1, 0.15) is 11.6 Å². The zero-order valence-corrected chi connectivity index (χ0v) is 18.0. The van der Waals surface area contributed by atoms with Crippen LogP contribution in [0, 0.1) is 5.82 Å². The van der Waals surface area contributed by atoms with Gasteiger partial charge in [-0.3, -0.25) is 4.79 Å². The standard InChI is InChI=1S/C19H22BrFN2O4S/c1-3-23(4-2)28(25,26)16-8-5-14(6-9-16)12-22-19(24)13-27-18-10-7-15(21)11-17(18)20/h5-11H,3-4,12-13H2,1-2H3,(H,22,24). The molecule has 2 aromatic carbocycles. The highest BCUT2D eigenvalue weighted by Gasteiger charge is 2.21. The van der Waals surface area contributed by atoms with E-state index < -0.39 is 15.8 Å². The maximum absolute atomic E-state index is 13.0. The van der Waals surface area contributed by atoms with Crippen molar-refractivity contribution >= 4 is 31.9 Å². The lowest BCUT2D eigenvalue weighted by Gasteiger charge is -2.18. The average Bonchev–Trinajstić information content (AvgIpc) is 2.66. The van der Waals surface area contributed by atoms with Crippen LogP contribution >= 0.6 is 15.9 Å². The normalized spacial score (nSPS) is 11.5. The molecule has 0 unspecified atom stereocenters. The number of rotatable bonds is 9. The van der Waals surface area contributed by atoms with Crippen molar-refractivity contribution < 1.29 is 22.3 Å². The number of halogens is 2. The molecule has 0 saturated heterocycles. The van der Waals surface area contributed by atoms with Gasteiger partial charge in [-0.05, 0) is 51.8 Å². The van der Waals surface area contributed by atoms with Crippen molar-refractivity contribution in [3.05, 3.63) is 58.3 Å². The summed E-state index contributed by atoms with van der Waals surface area (Å²) in [6.45, 7) is 4.40. The van der Waals surface area contributed by atoms with Crippen LogP contribution < -0.4 is 10.1 Å². The number of carbonyl (C=O) groups is 1. The predicted octanol–water partition coefficient (Wildman–Crippen LogP) is 3.31. The Hall–Kier alpha value is -1.97. The Labute approximate surface area is 172 Å². The second kappa shape index (κ2) is 9.99. The average molecular weight is 473 g/mol. The SMILES string of the molecule is CCN(CC)S(=O)(=O)c1ccc(CNC(=O)COc2ccc(F)cc2Br)cc1. The molecular formula is C19H22BrFN2O4S. The number of amides is 1. The summed E-state index contributed by atoms with van der Waals surface area (Å²) < 4.78 is 45.1. The lowest BCUT2D eigenvalue weighted by Crippen LogP contribution is -2.30. The van der Waals surface area contributed by atoms with E-state index >= 15 is 0 Å². The van der Waals surface area contributed by atoms with Gasteiger partial charge < -0.3 is 10.1 Å². The Balaban J connectivity index is 1.89.